The number of allylic oxidation sites excluding steroid dienone is 1. The third-order valence-corrected chi connectivity index (χ3v) is 5.12. The third kappa shape index (κ3) is 9.20. The van der Waals surface area contributed by atoms with E-state index in [9.17, 15) is 9.59 Å². The van der Waals surface area contributed by atoms with Gasteiger partial charge in [-0.3, -0.25) is 9.59 Å². The number of hydrogen-bond acceptors (Lipinski definition) is 4. The van der Waals surface area contributed by atoms with Gasteiger partial charge in [0.2, 0.25) is 0 Å². The molecule has 0 radical (unpaired) electrons. The van der Waals surface area contributed by atoms with Crippen LogP contribution in [0.3, 0.4) is 0 Å². The summed E-state index contributed by atoms with van der Waals surface area (Å²) in [6, 6.07) is 0.980. The summed E-state index contributed by atoms with van der Waals surface area (Å²) in [4.78, 5) is 26.7. The van der Waals surface area contributed by atoms with Gasteiger partial charge in [-0.1, -0.05) is 47.0 Å². The molecule has 4 heteroatoms. The first-order valence-corrected chi connectivity index (χ1v) is 9.62. The molecule has 0 aliphatic carbocycles. The zero-order valence-electron chi connectivity index (χ0n) is 16.1. The van der Waals surface area contributed by atoms with Crippen LogP contribution in [0.15, 0.2) is 12.3 Å². The van der Waals surface area contributed by atoms with E-state index in [-0.39, 0.29) is 13.2 Å². The summed E-state index contributed by atoms with van der Waals surface area (Å²) in [5.74, 6) is 0.725. The van der Waals surface area contributed by atoms with E-state index in [1.807, 2.05) is 13.2 Å². The molecule has 0 amide bonds. The molecule has 0 aromatic rings. The van der Waals surface area contributed by atoms with E-state index in [0.717, 1.165) is 25.8 Å². The number of carbonyl (C=O) groups excluding carboxylic acids is 2. The molecule has 2 rings (SSSR count). The zero-order chi connectivity index (χ0) is 17.9. The van der Waals surface area contributed by atoms with Gasteiger partial charge in [0, 0.05) is 51.1 Å². The highest BCUT2D eigenvalue weighted by Gasteiger charge is 2.23. The van der Waals surface area contributed by atoms with Crippen LogP contribution in [0.2, 0.25) is 0 Å². The first kappa shape index (κ1) is 23.8. The van der Waals surface area contributed by atoms with Crippen molar-refractivity contribution in [3.05, 3.63) is 12.3 Å². The van der Waals surface area contributed by atoms with Crippen LogP contribution in [0.25, 0.3) is 0 Å². The molecule has 2 aliphatic rings. The Morgan fingerprint density at radius 2 is 1.60 bits per heavy atom. The number of ketones is 2. The quantitative estimate of drug-likeness (QED) is 0.708. The van der Waals surface area contributed by atoms with Crippen molar-refractivity contribution in [2.75, 3.05) is 20.6 Å². The molecular formula is C21H40N2O2. The highest BCUT2D eigenvalue weighted by molar-refractivity contribution is 5.90. The highest BCUT2D eigenvalue weighted by Crippen LogP contribution is 2.17. The maximum Gasteiger partial charge on any atom is 0.159 e. The Labute approximate surface area is 155 Å². The molecule has 4 nitrogen and oxygen atoms in total. The summed E-state index contributed by atoms with van der Waals surface area (Å²) in [6.07, 6.45) is 13.1. The van der Waals surface area contributed by atoms with Crippen molar-refractivity contribution in [3.8, 4) is 0 Å². The normalized spacial score (nSPS) is 23.8. The van der Waals surface area contributed by atoms with Crippen LogP contribution >= 0.6 is 0 Å². The SMILES string of the molecule is C.CCCCC1CC(=O)C=CN1C.CCCCC1CC(=O)CCN1C. The molecule has 2 heterocycles. The van der Waals surface area contributed by atoms with E-state index < -0.39 is 0 Å². The Balaban J connectivity index is 0.000000443. The second kappa shape index (κ2) is 13.1. The van der Waals surface area contributed by atoms with E-state index in [0.29, 0.717) is 24.3 Å². The number of rotatable bonds is 6. The van der Waals surface area contributed by atoms with Gasteiger partial charge in [0.05, 0.1) is 0 Å². The highest BCUT2D eigenvalue weighted by atomic mass is 16.1. The summed E-state index contributed by atoms with van der Waals surface area (Å²) in [6.45, 7) is 5.35. The van der Waals surface area contributed by atoms with Crippen molar-refractivity contribution in [2.45, 2.75) is 91.1 Å². The summed E-state index contributed by atoms with van der Waals surface area (Å²) in [5, 5.41) is 0. The first-order valence-electron chi connectivity index (χ1n) is 9.62. The maximum absolute atomic E-state index is 11.2. The Morgan fingerprint density at radius 3 is 2.20 bits per heavy atom. The Morgan fingerprint density at radius 1 is 1.00 bits per heavy atom. The third-order valence-electron chi connectivity index (χ3n) is 5.12. The van der Waals surface area contributed by atoms with Gasteiger partial charge in [-0.25, -0.2) is 0 Å². The van der Waals surface area contributed by atoms with Crippen LogP contribution in [0.5, 0.6) is 0 Å². The molecule has 146 valence electrons. The van der Waals surface area contributed by atoms with E-state index in [4.69, 9.17) is 0 Å². The summed E-state index contributed by atoms with van der Waals surface area (Å²) < 4.78 is 0. The minimum Gasteiger partial charge on any atom is -0.377 e. The van der Waals surface area contributed by atoms with Crippen LogP contribution in [0.4, 0.5) is 0 Å². The van der Waals surface area contributed by atoms with Crippen LogP contribution in [0, 0.1) is 0 Å². The van der Waals surface area contributed by atoms with Crippen molar-refractivity contribution in [3.63, 3.8) is 0 Å². The minimum atomic E-state index is 0. The monoisotopic (exact) mass is 352 g/mol. The van der Waals surface area contributed by atoms with Crippen molar-refractivity contribution in [2.24, 2.45) is 0 Å². The van der Waals surface area contributed by atoms with Gasteiger partial charge < -0.3 is 9.80 Å². The maximum atomic E-state index is 11.2. The molecule has 1 saturated heterocycles. The molecule has 0 spiro atoms. The number of unbranched alkanes of at least 4 members (excludes halogenated alkanes) is 2. The largest absolute Gasteiger partial charge is 0.377 e. The molecule has 0 bridgehead atoms. The van der Waals surface area contributed by atoms with E-state index in [1.54, 1.807) is 6.08 Å². The second-order valence-corrected chi connectivity index (χ2v) is 7.22. The second-order valence-electron chi connectivity index (χ2n) is 7.22. The zero-order valence-corrected chi connectivity index (χ0v) is 16.1. The number of hydrogen-bond donors (Lipinski definition) is 0. The predicted octanol–water partition coefficient (Wildman–Crippen LogP) is 4.44. The molecule has 2 atom stereocenters. The van der Waals surface area contributed by atoms with Crippen LogP contribution < -0.4 is 0 Å². The van der Waals surface area contributed by atoms with Gasteiger partial charge in [0.15, 0.2) is 5.78 Å². The Bertz CT molecular complexity index is 420. The predicted molar refractivity (Wildman–Crippen MR) is 107 cm³/mol. The lowest BCUT2D eigenvalue weighted by atomic mass is 9.97. The lowest BCUT2D eigenvalue weighted by Gasteiger charge is -2.31. The smallest absolute Gasteiger partial charge is 0.159 e. The Hall–Kier alpha value is -1.16. The van der Waals surface area contributed by atoms with Crippen molar-refractivity contribution < 1.29 is 9.59 Å². The summed E-state index contributed by atoms with van der Waals surface area (Å²) in [5.41, 5.74) is 0. The average Bonchev–Trinajstić information content (AvgIpc) is 2.57. The van der Waals surface area contributed by atoms with Gasteiger partial charge in [-0.2, -0.15) is 0 Å². The van der Waals surface area contributed by atoms with Crippen molar-refractivity contribution >= 4 is 11.6 Å². The molecule has 2 aliphatic heterocycles. The molecule has 0 N–H and O–H groups in total. The van der Waals surface area contributed by atoms with Crippen LogP contribution in [-0.4, -0.2) is 54.1 Å². The van der Waals surface area contributed by atoms with Gasteiger partial charge in [0.1, 0.15) is 5.78 Å². The fraction of sp³-hybridized carbons (Fsp3) is 0.810. The molecule has 2 unspecified atom stereocenters. The minimum absolute atomic E-state index is 0. The van der Waals surface area contributed by atoms with E-state index in [1.165, 1.54) is 32.1 Å². The molecule has 25 heavy (non-hydrogen) atoms. The van der Waals surface area contributed by atoms with Gasteiger partial charge in [0.25, 0.3) is 0 Å². The van der Waals surface area contributed by atoms with Crippen LogP contribution in [0.1, 0.15) is 79.1 Å². The molecule has 0 aromatic carbocycles. The topological polar surface area (TPSA) is 40.6 Å². The summed E-state index contributed by atoms with van der Waals surface area (Å²) in [7, 11) is 4.18. The van der Waals surface area contributed by atoms with Crippen molar-refractivity contribution in [1.82, 2.24) is 9.80 Å². The molecule has 1 fully saturated rings. The van der Waals surface area contributed by atoms with E-state index in [2.05, 4.69) is 30.7 Å². The number of Topliss-reactive ketones (excluding diaryl/α,β-unsaturated/α-hetero) is 1. The first-order chi connectivity index (χ1) is 11.5. The number of piperidine rings is 1. The fourth-order valence-electron chi connectivity index (χ4n) is 3.28. The van der Waals surface area contributed by atoms with Gasteiger partial charge in [-0.15, -0.1) is 0 Å². The lowest BCUT2D eigenvalue weighted by Crippen LogP contribution is -2.39. The summed E-state index contributed by atoms with van der Waals surface area (Å²) >= 11 is 0. The molecule has 0 aromatic heterocycles. The number of nitrogens with zero attached hydrogens (tertiary/aromatic N) is 2. The number of carbonyl (C=O) groups is 2. The van der Waals surface area contributed by atoms with Crippen LogP contribution in [-0.2, 0) is 9.59 Å². The van der Waals surface area contributed by atoms with E-state index >= 15 is 0 Å². The van der Waals surface area contributed by atoms with Gasteiger partial charge in [-0.05, 0) is 26.0 Å². The molecule has 0 saturated carbocycles. The van der Waals surface area contributed by atoms with Gasteiger partial charge >= 0.3 is 0 Å². The fourth-order valence-corrected chi connectivity index (χ4v) is 3.28. The van der Waals surface area contributed by atoms with Crippen molar-refractivity contribution in [1.29, 1.82) is 0 Å². The molecular weight excluding hydrogens is 312 g/mol. The average molecular weight is 353 g/mol. The Kier molecular flexibility index (Phi) is 12.5. The number of likely N-dealkylation sites (tertiary alicyclic amines) is 1. The lowest BCUT2D eigenvalue weighted by molar-refractivity contribution is -0.123. The standard InChI is InChI=1S/C10H19NO.C10H17NO.CH4/c2*1-3-4-5-9-8-10(12)6-7-11(9)2;/h9H,3-8H2,1-2H3;6-7,9H,3-5,8H2,1-2H3;1H4.